The number of unbranched alkanes of at least 4 members (excludes halogenated alkanes) is 1. The number of hydrogen-bond donors (Lipinski definition) is 1. The highest BCUT2D eigenvalue weighted by Gasteiger charge is 2.10. The summed E-state index contributed by atoms with van der Waals surface area (Å²) >= 11 is 0. The zero-order valence-electron chi connectivity index (χ0n) is 10.3. The van der Waals surface area contributed by atoms with E-state index in [4.69, 9.17) is 15.9 Å². The number of aliphatic hydroxyl groups excluding tert-OH is 1. The molecule has 1 unspecified atom stereocenters. The van der Waals surface area contributed by atoms with Crippen molar-refractivity contribution in [2.45, 2.75) is 25.9 Å². The fourth-order valence-electron chi connectivity index (χ4n) is 1.47. The van der Waals surface area contributed by atoms with Gasteiger partial charge in [0.15, 0.2) is 0 Å². The van der Waals surface area contributed by atoms with Crippen LogP contribution in [0.1, 0.15) is 31.4 Å². The Morgan fingerprint density at radius 1 is 1.47 bits per heavy atom. The molecule has 0 aliphatic heterocycles. The van der Waals surface area contributed by atoms with Gasteiger partial charge in [0, 0.05) is 18.1 Å². The molecule has 0 heterocycles. The molecule has 1 aromatic carbocycles. The van der Waals surface area contributed by atoms with Crippen LogP contribution in [0.3, 0.4) is 0 Å². The molecule has 0 bridgehead atoms. The monoisotopic (exact) mass is 234 g/mol. The van der Waals surface area contributed by atoms with Crippen molar-refractivity contribution in [2.75, 3.05) is 13.7 Å². The average molecular weight is 234 g/mol. The van der Waals surface area contributed by atoms with Crippen LogP contribution in [-0.4, -0.2) is 18.8 Å². The second kappa shape index (κ2) is 6.82. The molecule has 92 valence electrons. The maximum Gasteiger partial charge on any atom is 0.128 e. The second-order valence-corrected chi connectivity index (χ2v) is 3.74. The zero-order chi connectivity index (χ0) is 12.7. The van der Waals surface area contributed by atoms with Crippen molar-refractivity contribution in [1.29, 1.82) is 0 Å². The summed E-state index contributed by atoms with van der Waals surface area (Å²) in [5.74, 6) is 3.92. The summed E-state index contributed by atoms with van der Waals surface area (Å²) in [4.78, 5) is 0. The van der Waals surface area contributed by atoms with E-state index in [1.165, 1.54) is 0 Å². The lowest BCUT2D eigenvalue weighted by Crippen LogP contribution is -2.02. The summed E-state index contributed by atoms with van der Waals surface area (Å²) in [6.45, 7) is 2.24. The minimum atomic E-state index is -0.566. The average Bonchev–Trinajstić information content (AvgIpc) is 2.34. The lowest BCUT2D eigenvalue weighted by molar-refractivity contribution is 0.190. The van der Waals surface area contributed by atoms with Gasteiger partial charge in [-0.25, -0.2) is 0 Å². The van der Waals surface area contributed by atoms with Gasteiger partial charge < -0.3 is 14.6 Å². The quantitative estimate of drug-likeness (QED) is 0.607. The molecule has 0 saturated heterocycles. The molecule has 1 atom stereocenters. The van der Waals surface area contributed by atoms with E-state index in [0.29, 0.717) is 24.5 Å². The van der Waals surface area contributed by atoms with Crippen molar-refractivity contribution in [3.05, 3.63) is 23.8 Å². The Bertz CT molecular complexity index is 391. The third kappa shape index (κ3) is 4.01. The molecule has 0 aliphatic rings. The predicted octanol–water partition coefficient (Wildman–Crippen LogP) is 2.54. The van der Waals surface area contributed by atoms with E-state index in [1.54, 1.807) is 32.2 Å². The Labute approximate surface area is 102 Å². The SMILES string of the molecule is C#CCCCOc1cc(OC)ccc1C(C)O. The lowest BCUT2D eigenvalue weighted by Gasteiger charge is -2.14. The van der Waals surface area contributed by atoms with Crippen molar-refractivity contribution in [2.24, 2.45) is 0 Å². The van der Waals surface area contributed by atoms with Crippen molar-refractivity contribution in [1.82, 2.24) is 0 Å². The molecule has 1 aromatic rings. The lowest BCUT2D eigenvalue weighted by atomic mass is 10.1. The topological polar surface area (TPSA) is 38.7 Å². The van der Waals surface area contributed by atoms with Crippen LogP contribution >= 0.6 is 0 Å². The van der Waals surface area contributed by atoms with Crippen LogP contribution in [0.4, 0.5) is 0 Å². The van der Waals surface area contributed by atoms with Crippen molar-refractivity contribution >= 4 is 0 Å². The fraction of sp³-hybridized carbons (Fsp3) is 0.429. The first-order valence-electron chi connectivity index (χ1n) is 5.61. The third-order valence-electron chi connectivity index (χ3n) is 2.39. The summed E-state index contributed by atoms with van der Waals surface area (Å²) < 4.78 is 10.7. The number of terminal acetylenes is 1. The van der Waals surface area contributed by atoms with Crippen LogP contribution in [0, 0.1) is 12.3 Å². The van der Waals surface area contributed by atoms with E-state index >= 15 is 0 Å². The molecule has 0 amide bonds. The number of ether oxygens (including phenoxy) is 2. The number of rotatable bonds is 6. The third-order valence-corrected chi connectivity index (χ3v) is 2.39. The molecule has 0 saturated carbocycles. The van der Waals surface area contributed by atoms with E-state index in [9.17, 15) is 5.11 Å². The zero-order valence-corrected chi connectivity index (χ0v) is 10.3. The highest BCUT2D eigenvalue weighted by molar-refractivity contribution is 5.41. The van der Waals surface area contributed by atoms with Gasteiger partial charge >= 0.3 is 0 Å². The number of hydrogen-bond acceptors (Lipinski definition) is 3. The molecule has 1 rings (SSSR count). The molecular weight excluding hydrogens is 216 g/mol. The predicted molar refractivity (Wildman–Crippen MR) is 67.2 cm³/mol. The van der Waals surface area contributed by atoms with Crippen LogP contribution in [0.2, 0.25) is 0 Å². The van der Waals surface area contributed by atoms with Crippen LogP contribution in [0.15, 0.2) is 18.2 Å². The van der Waals surface area contributed by atoms with Crippen LogP contribution < -0.4 is 9.47 Å². The highest BCUT2D eigenvalue weighted by atomic mass is 16.5. The van der Waals surface area contributed by atoms with Gasteiger partial charge in [0.25, 0.3) is 0 Å². The van der Waals surface area contributed by atoms with Gasteiger partial charge in [-0.05, 0) is 25.5 Å². The highest BCUT2D eigenvalue weighted by Crippen LogP contribution is 2.29. The van der Waals surface area contributed by atoms with E-state index in [2.05, 4.69) is 5.92 Å². The summed E-state index contributed by atoms with van der Waals surface area (Å²) in [5, 5.41) is 9.62. The summed E-state index contributed by atoms with van der Waals surface area (Å²) in [6, 6.07) is 5.38. The normalized spacial score (nSPS) is 11.6. The molecule has 0 fully saturated rings. The minimum Gasteiger partial charge on any atom is -0.497 e. The summed E-state index contributed by atoms with van der Waals surface area (Å²) in [5.41, 5.74) is 0.756. The first-order chi connectivity index (χ1) is 8.19. The molecule has 0 aromatic heterocycles. The minimum absolute atomic E-state index is 0.539. The van der Waals surface area contributed by atoms with E-state index in [1.807, 2.05) is 0 Å². The number of benzene rings is 1. The van der Waals surface area contributed by atoms with Gasteiger partial charge in [-0.15, -0.1) is 12.3 Å². The Kier molecular flexibility index (Phi) is 5.38. The van der Waals surface area contributed by atoms with Gasteiger partial charge in [-0.3, -0.25) is 0 Å². The molecule has 0 spiro atoms. The van der Waals surface area contributed by atoms with E-state index in [-0.39, 0.29) is 0 Å². The van der Waals surface area contributed by atoms with E-state index in [0.717, 1.165) is 12.0 Å². The van der Waals surface area contributed by atoms with Crippen LogP contribution in [-0.2, 0) is 0 Å². The Hall–Kier alpha value is -1.66. The Morgan fingerprint density at radius 2 is 2.24 bits per heavy atom. The number of methoxy groups -OCH3 is 1. The molecule has 0 aliphatic carbocycles. The van der Waals surface area contributed by atoms with Crippen molar-refractivity contribution in [3.8, 4) is 23.8 Å². The summed E-state index contributed by atoms with van der Waals surface area (Å²) in [7, 11) is 1.60. The van der Waals surface area contributed by atoms with Crippen LogP contribution in [0.25, 0.3) is 0 Å². The molecule has 1 N–H and O–H groups in total. The fourth-order valence-corrected chi connectivity index (χ4v) is 1.47. The smallest absolute Gasteiger partial charge is 0.128 e. The van der Waals surface area contributed by atoms with Gasteiger partial charge in [0.05, 0.1) is 19.8 Å². The Balaban J connectivity index is 2.75. The van der Waals surface area contributed by atoms with Gasteiger partial charge in [-0.2, -0.15) is 0 Å². The van der Waals surface area contributed by atoms with Crippen LogP contribution in [0.5, 0.6) is 11.5 Å². The van der Waals surface area contributed by atoms with Gasteiger partial charge in [0.1, 0.15) is 11.5 Å². The van der Waals surface area contributed by atoms with Gasteiger partial charge in [0.2, 0.25) is 0 Å². The van der Waals surface area contributed by atoms with Crippen molar-refractivity contribution in [3.63, 3.8) is 0 Å². The first-order valence-corrected chi connectivity index (χ1v) is 5.61. The second-order valence-electron chi connectivity index (χ2n) is 3.74. The maximum absolute atomic E-state index is 9.62. The largest absolute Gasteiger partial charge is 0.497 e. The van der Waals surface area contributed by atoms with Crippen molar-refractivity contribution < 1.29 is 14.6 Å². The Morgan fingerprint density at radius 3 is 2.82 bits per heavy atom. The van der Waals surface area contributed by atoms with Gasteiger partial charge in [-0.1, -0.05) is 0 Å². The molecular formula is C14H18O3. The first kappa shape index (κ1) is 13.4. The molecule has 0 radical (unpaired) electrons. The molecule has 3 nitrogen and oxygen atoms in total. The number of aliphatic hydroxyl groups is 1. The molecule has 3 heteroatoms. The standard InChI is InChI=1S/C14H18O3/c1-4-5-6-9-17-14-10-12(16-3)7-8-13(14)11(2)15/h1,7-8,10-11,15H,5-6,9H2,2-3H3. The molecule has 17 heavy (non-hydrogen) atoms. The van der Waals surface area contributed by atoms with E-state index < -0.39 is 6.10 Å². The summed E-state index contributed by atoms with van der Waals surface area (Å²) in [6.07, 6.45) is 6.09. The maximum atomic E-state index is 9.62.